The lowest BCUT2D eigenvalue weighted by molar-refractivity contribution is 0.213. The van der Waals surface area contributed by atoms with E-state index in [1.807, 2.05) is 17.0 Å². The summed E-state index contributed by atoms with van der Waals surface area (Å²) in [5.74, 6) is 0.591. The van der Waals surface area contributed by atoms with Gasteiger partial charge in [-0.25, -0.2) is 9.78 Å². The highest BCUT2D eigenvalue weighted by Gasteiger charge is 2.15. The van der Waals surface area contributed by atoms with Crippen molar-refractivity contribution in [2.45, 2.75) is 25.7 Å². The lowest BCUT2D eigenvalue weighted by Crippen LogP contribution is -2.35. The summed E-state index contributed by atoms with van der Waals surface area (Å²) in [6.07, 6.45) is 4.64. The molecule has 92 valence electrons. The Morgan fingerprint density at radius 2 is 1.94 bits per heavy atom. The zero-order chi connectivity index (χ0) is 12.1. The second kappa shape index (κ2) is 6.00. The van der Waals surface area contributed by atoms with Crippen molar-refractivity contribution in [2.75, 3.05) is 18.4 Å². The van der Waals surface area contributed by atoms with E-state index >= 15 is 0 Å². The fourth-order valence-electron chi connectivity index (χ4n) is 1.94. The molecule has 0 aromatic carbocycles. The number of aromatic nitrogens is 1. The molecular formula is C12H16BrN3O. The largest absolute Gasteiger partial charge is 0.325 e. The summed E-state index contributed by atoms with van der Waals surface area (Å²) in [5, 5.41) is 2.83. The van der Waals surface area contributed by atoms with Crippen LogP contribution in [0.15, 0.2) is 22.8 Å². The molecule has 17 heavy (non-hydrogen) atoms. The SMILES string of the molecule is O=C(Nc1cccc(Br)n1)N1CCCCCC1. The number of halogens is 1. The smallest absolute Gasteiger partial charge is 0.323 e. The number of hydrogen-bond donors (Lipinski definition) is 1. The van der Waals surface area contributed by atoms with Crippen molar-refractivity contribution in [1.29, 1.82) is 0 Å². The molecule has 5 heteroatoms. The van der Waals surface area contributed by atoms with Gasteiger partial charge in [-0.15, -0.1) is 0 Å². The summed E-state index contributed by atoms with van der Waals surface area (Å²) >= 11 is 3.28. The van der Waals surface area contributed by atoms with Crippen LogP contribution in [-0.4, -0.2) is 29.0 Å². The highest BCUT2D eigenvalue weighted by molar-refractivity contribution is 9.10. The van der Waals surface area contributed by atoms with Crippen LogP contribution in [0, 0.1) is 0 Å². The van der Waals surface area contributed by atoms with E-state index in [4.69, 9.17) is 0 Å². The number of carbonyl (C=O) groups excluding carboxylic acids is 1. The summed E-state index contributed by atoms with van der Waals surface area (Å²) < 4.78 is 0.728. The van der Waals surface area contributed by atoms with Gasteiger partial charge in [0.05, 0.1) is 0 Å². The first kappa shape index (κ1) is 12.4. The lowest BCUT2D eigenvalue weighted by atomic mass is 10.2. The van der Waals surface area contributed by atoms with E-state index < -0.39 is 0 Å². The molecule has 1 aliphatic rings. The summed E-state index contributed by atoms with van der Waals surface area (Å²) in [6, 6.07) is 5.44. The van der Waals surface area contributed by atoms with Crippen LogP contribution in [0.4, 0.5) is 10.6 Å². The van der Waals surface area contributed by atoms with Gasteiger partial charge in [0.1, 0.15) is 10.4 Å². The molecule has 0 radical (unpaired) electrons. The summed E-state index contributed by atoms with van der Waals surface area (Å²) in [7, 11) is 0. The van der Waals surface area contributed by atoms with Crippen molar-refractivity contribution in [3.05, 3.63) is 22.8 Å². The number of rotatable bonds is 1. The molecule has 0 unspecified atom stereocenters. The number of nitrogens with zero attached hydrogens (tertiary/aromatic N) is 2. The molecule has 0 spiro atoms. The Bertz CT molecular complexity index is 389. The average Bonchev–Trinajstić information content (AvgIpc) is 2.57. The molecule has 2 heterocycles. The van der Waals surface area contributed by atoms with Gasteiger partial charge < -0.3 is 4.90 Å². The molecule has 1 fully saturated rings. The molecule has 1 saturated heterocycles. The number of nitrogens with one attached hydrogen (secondary N) is 1. The van der Waals surface area contributed by atoms with Gasteiger partial charge in [-0.1, -0.05) is 18.9 Å². The van der Waals surface area contributed by atoms with Crippen LogP contribution in [-0.2, 0) is 0 Å². The summed E-state index contributed by atoms with van der Waals surface area (Å²) in [5.41, 5.74) is 0. The van der Waals surface area contributed by atoms with Crippen molar-refractivity contribution in [2.24, 2.45) is 0 Å². The molecule has 0 saturated carbocycles. The van der Waals surface area contributed by atoms with Crippen LogP contribution < -0.4 is 5.32 Å². The average molecular weight is 298 g/mol. The summed E-state index contributed by atoms with van der Waals surface area (Å²) in [4.78, 5) is 18.1. The number of hydrogen-bond acceptors (Lipinski definition) is 2. The Balaban J connectivity index is 1.95. The van der Waals surface area contributed by atoms with Crippen LogP contribution in [0.5, 0.6) is 0 Å². The van der Waals surface area contributed by atoms with Gasteiger partial charge in [0.15, 0.2) is 0 Å². The standard InChI is InChI=1S/C12H16BrN3O/c13-10-6-5-7-11(14-10)15-12(17)16-8-3-1-2-4-9-16/h5-7H,1-4,8-9H2,(H,14,15,17). The predicted molar refractivity (Wildman–Crippen MR) is 71.0 cm³/mol. The van der Waals surface area contributed by atoms with Crippen molar-refractivity contribution in [3.63, 3.8) is 0 Å². The molecule has 0 atom stereocenters. The topological polar surface area (TPSA) is 45.2 Å². The first-order chi connectivity index (χ1) is 8.25. The Kier molecular flexibility index (Phi) is 4.36. The maximum absolute atomic E-state index is 12.0. The van der Waals surface area contributed by atoms with Crippen LogP contribution >= 0.6 is 15.9 Å². The molecule has 1 aromatic heterocycles. The quantitative estimate of drug-likeness (QED) is 0.809. The normalized spacial score (nSPS) is 16.4. The fourth-order valence-corrected chi connectivity index (χ4v) is 2.28. The number of urea groups is 1. The number of anilines is 1. The first-order valence-electron chi connectivity index (χ1n) is 5.94. The van der Waals surface area contributed by atoms with Crippen LogP contribution in [0.1, 0.15) is 25.7 Å². The Morgan fingerprint density at radius 1 is 1.24 bits per heavy atom. The Labute approximate surface area is 110 Å². The lowest BCUT2D eigenvalue weighted by Gasteiger charge is -2.20. The number of pyridine rings is 1. The van der Waals surface area contributed by atoms with E-state index in [0.29, 0.717) is 5.82 Å². The van der Waals surface area contributed by atoms with Gasteiger partial charge in [-0.05, 0) is 40.9 Å². The number of amides is 2. The number of likely N-dealkylation sites (tertiary alicyclic amines) is 1. The van der Waals surface area contributed by atoms with E-state index in [1.165, 1.54) is 12.8 Å². The molecule has 1 N–H and O–H groups in total. The first-order valence-corrected chi connectivity index (χ1v) is 6.73. The van der Waals surface area contributed by atoms with Gasteiger partial charge in [0.2, 0.25) is 0 Å². The van der Waals surface area contributed by atoms with Gasteiger partial charge in [-0.3, -0.25) is 5.32 Å². The van der Waals surface area contributed by atoms with Crippen LogP contribution in [0.25, 0.3) is 0 Å². The third kappa shape index (κ3) is 3.70. The van der Waals surface area contributed by atoms with Gasteiger partial charge in [0, 0.05) is 13.1 Å². The predicted octanol–water partition coefficient (Wildman–Crippen LogP) is 3.25. The Hall–Kier alpha value is -1.10. The number of carbonyl (C=O) groups is 1. The van der Waals surface area contributed by atoms with Gasteiger partial charge in [0.25, 0.3) is 0 Å². The summed E-state index contributed by atoms with van der Waals surface area (Å²) in [6.45, 7) is 1.69. The second-order valence-corrected chi connectivity index (χ2v) is 4.99. The van der Waals surface area contributed by atoms with Crippen LogP contribution in [0.3, 0.4) is 0 Å². The molecular weight excluding hydrogens is 282 g/mol. The molecule has 1 aromatic rings. The monoisotopic (exact) mass is 297 g/mol. The van der Waals surface area contributed by atoms with E-state index in [1.54, 1.807) is 6.07 Å². The van der Waals surface area contributed by atoms with E-state index in [2.05, 4.69) is 26.2 Å². The van der Waals surface area contributed by atoms with E-state index in [-0.39, 0.29) is 6.03 Å². The molecule has 0 aliphatic carbocycles. The zero-order valence-electron chi connectivity index (χ0n) is 9.66. The molecule has 1 aliphatic heterocycles. The zero-order valence-corrected chi connectivity index (χ0v) is 11.2. The molecule has 2 amide bonds. The van der Waals surface area contributed by atoms with Crippen molar-refractivity contribution >= 4 is 27.8 Å². The van der Waals surface area contributed by atoms with Gasteiger partial charge in [-0.2, -0.15) is 0 Å². The van der Waals surface area contributed by atoms with Crippen molar-refractivity contribution in [1.82, 2.24) is 9.88 Å². The molecule has 4 nitrogen and oxygen atoms in total. The van der Waals surface area contributed by atoms with Crippen molar-refractivity contribution < 1.29 is 4.79 Å². The Morgan fingerprint density at radius 3 is 2.59 bits per heavy atom. The van der Waals surface area contributed by atoms with E-state index in [0.717, 1.165) is 30.5 Å². The third-order valence-electron chi connectivity index (χ3n) is 2.84. The minimum atomic E-state index is -0.0440. The van der Waals surface area contributed by atoms with Crippen molar-refractivity contribution in [3.8, 4) is 0 Å². The molecule has 0 bridgehead atoms. The maximum atomic E-state index is 12.0. The van der Waals surface area contributed by atoms with E-state index in [9.17, 15) is 4.79 Å². The second-order valence-electron chi connectivity index (χ2n) is 4.18. The third-order valence-corrected chi connectivity index (χ3v) is 3.29. The highest BCUT2D eigenvalue weighted by Crippen LogP contribution is 2.13. The van der Waals surface area contributed by atoms with Gasteiger partial charge >= 0.3 is 6.03 Å². The fraction of sp³-hybridized carbons (Fsp3) is 0.500. The maximum Gasteiger partial charge on any atom is 0.323 e. The minimum Gasteiger partial charge on any atom is -0.325 e. The highest BCUT2D eigenvalue weighted by atomic mass is 79.9. The minimum absolute atomic E-state index is 0.0440. The van der Waals surface area contributed by atoms with Crippen LogP contribution in [0.2, 0.25) is 0 Å². The molecule has 2 rings (SSSR count).